The number of pyridine rings is 1. The molecule has 2 rings (SSSR count). The second-order valence-electron chi connectivity index (χ2n) is 4.59. The third-order valence-electron chi connectivity index (χ3n) is 3.01. The van der Waals surface area contributed by atoms with Crippen LogP contribution in [0, 0.1) is 0 Å². The lowest BCUT2D eigenvalue weighted by Crippen LogP contribution is -2.29. The van der Waals surface area contributed by atoms with Gasteiger partial charge in [-0.15, -0.1) is 0 Å². The molecule has 0 saturated heterocycles. The predicted octanol–water partition coefficient (Wildman–Crippen LogP) is 0.954. The van der Waals surface area contributed by atoms with E-state index in [-0.39, 0.29) is 5.03 Å². The Bertz CT molecular complexity index is 652. The first-order chi connectivity index (χ1) is 10.1. The lowest BCUT2D eigenvalue weighted by Gasteiger charge is -2.14. The number of nitrogens with one attached hydrogen (secondary N) is 3. The van der Waals surface area contributed by atoms with Crippen LogP contribution in [0.3, 0.4) is 0 Å². The molecule has 0 aliphatic carbocycles. The third-order valence-corrected chi connectivity index (χ3v) is 4.40. The smallest absolute Gasteiger partial charge is 0.258 e. The van der Waals surface area contributed by atoms with Crippen molar-refractivity contribution in [2.75, 3.05) is 7.05 Å². The van der Waals surface area contributed by atoms with Gasteiger partial charge in [-0.05, 0) is 25.1 Å². The van der Waals surface area contributed by atoms with Gasteiger partial charge in [-0.1, -0.05) is 13.0 Å². The fourth-order valence-electron chi connectivity index (χ4n) is 1.93. The Labute approximate surface area is 124 Å². The van der Waals surface area contributed by atoms with Crippen LogP contribution in [0.4, 0.5) is 0 Å². The quantitative estimate of drug-likeness (QED) is 0.707. The highest BCUT2D eigenvalue weighted by Crippen LogP contribution is 2.16. The fourth-order valence-corrected chi connectivity index (χ4v) is 3.14. The van der Waals surface area contributed by atoms with Gasteiger partial charge < -0.3 is 10.3 Å². The number of sulfonamides is 1. The summed E-state index contributed by atoms with van der Waals surface area (Å²) < 4.78 is 27.3. The van der Waals surface area contributed by atoms with E-state index in [1.165, 1.54) is 6.07 Å². The van der Waals surface area contributed by atoms with Crippen LogP contribution in [-0.4, -0.2) is 30.4 Å². The molecule has 7 nitrogen and oxygen atoms in total. The first-order valence-electron chi connectivity index (χ1n) is 6.68. The molecule has 0 aromatic carbocycles. The maximum absolute atomic E-state index is 12.3. The summed E-state index contributed by atoms with van der Waals surface area (Å²) in [6, 6.07) is 2.85. The van der Waals surface area contributed by atoms with Crippen LogP contribution in [-0.2, 0) is 16.6 Å². The molecule has 1 unspecified atom stereocenters. The molecule has 3 N–H and O–H groups in total. The van der Waals surface area contributed by atoms with Crippen LogP contribution in [0.1, 0.15) is 30.8 Å². The van der Waals surface area contributed by atoms with Crippen LogP contribution in [0.15, 0.2) is 35.7 Å². The van der Waals surface area contributed by atoms with Gasteiger partial charge in [0.1, 0.15) is 5.82 Å². The number of hydrogen-bond donors (Lipinski definition) is 3. The zero-order chi connectivity index (χ0) is 15.3. The first kappa shape index (κ1) is 15.6. The normalized spacial score (nSPS) is 13.2. The van der Waals surface area contributed by atoms with E-state index in [4.69, 9.17) is 0 Å². The molecule has 0 aliphatic rings. The number of nitrogens with zero attached hydrogens (tertiary/aromatic N) is 2. The molecule has 21 heavy (non-hydrogen) atoms. The molecule has 0 amide bonds. The Morgan fingerprint density at radius 2 is 2.14 bits per heavy atom. The molecule has 2 aromatic heterocycles. The zero-order valence-corrected chi connectivity index (χ0v) is 12.8. The molecule has 2 heterocycles. The number of aromatic nitrogens is 3. The van der Waals surface area contributed by atoms with Gasteiger partial charge in [-0.2, -0.15) is 4.72 Å². The SMILES string of the molecule is CCC(NS(=O)(=O)c1ccc(CNC)cn1)c1ncc[nH]1. The summed E-state index contributed by atoms with van der Waals surface area (Å²) >= 11 is 0. The van der Waals surface area contributed by atoms with Gasteiger partial charge in [-0.25, -0.2) is 18.4 Å². The predicted molar refractivity (Wildman–Crippen MR) is 78.9 cm³/mol. The third kappa shape index (κ3) is 3.87. The molecule has 0 aliphatic heterocycles. The van der Waals surface area contributed by atoms with E-state index in [0.717, 1.165) is 5.56 Å². The van der Waals surface area contributed by atoms with Gasteiger partial charge in [0, 0.05) is 25.1 Å². The zero-order valence-electron chi connectivity index (χ0n) is 12.0. The maximum atomic E-state index is 12.3. The lowest BCUT2D eigenvalue weighted by atomic mass is 10.2. The van der Waals surface area contributed by atoms with E-state index in [2.05, 4.69) is 25.0 Å². The molecule has 2 aromatic rings. The van der Waals surface area contributed by atoms with Crippen molar-refractivity contribution in [3.63, 3.8) is 0 Å². The van der Waals surface area contributed by atoms with Crippen molar-refractivity contribution in [1.29, 1.82) is 0 Å². The summed E-state index contributed by atoms with van der Waals surface area (Å²) in [5.41, 5.74) is 0.925. The van der Waals surface area contributed by atoms with E-state index >= 15 is 0 Å². The topological polar surface area (TPSA) is 99.8 Å². The van der Waals surface area contributed by atoms with Gasteiger partial charge >= 0.3 is 0 Å². The van der Waals surface area contributed by atoms with Crippen molar-refractivity contribution in [3.05, 3.63) is 42.1 Å². The molecular weight excluding hydrogens is 290 g/mol. The Kier molecular flexibility index (Phi) is 5.05. The lowest BCUT2D eigenvalue weighted by molar-refractivity contribution is 0.536. The van der Waals surface area contributed by atoms with Crippen molar-refractivity contribution >= 4 is 10.0 Å². The second kappa shape index (κ2) is 6.79. The Balaban J connectivity index is 2.17. The summed E-state index contributed by atoms with van der Waals surface area (Å²) in [5, 5.41) is 2.99. The Morgan fingerprint density at radius 1 is 1.33 bits per heavy atom. The minimum absolute atomic E-state index is 0.00681. The van der Waals surface area contributed by atoms with Gasteiger partial charge in [0.2, 0.25) is 0 Å². The highest BCUT2D eigenvalue weighted by molar-refractivity contribution is 7.89. The van der Waals surface area contributed by atoms with Crippen LogP contribution in [0.25, 0.3) is 0 Å². The molecule has 0 bridgehead atoms. The van der Waals surface area contributed by atoms with Crippen molar-refractivity contribution in [2.45, 2.75) is 31.0 Å². The average molecular weight is 309 g/mol. The summed E-state index contributed by atoms with van der Waals surface area (Å²) in [4.78, 5) is 11.0. The highest BCUT2D eigenvalue weighted by atomic mass is 32.2. The second-order valence-corrected chi connectivity index (χ2v) is 6.25. The van der Waals surface area contributed by atoms with Crippen LogP contribution in [0.2, 0.25) is 0 Å². The first-order valence-corrected chi connectivity index (χ1v) is 8.16. The molecule has 1 atom stereocenters. The van der Waals surface area contributed by atoms with Crippen LogP contribution >= 0.6 is 0 Å². The standard InChI is InChI=1S/C13H19N5O2S/c1-3-11(13-15-6-7-16-13)18-21(19,20)12-5-4-10(8-14-2)9-17-12/h4-7,9,11,14,18H,3,8H2,1-2H3,(H,15,16). The van der Waals surface area contributed by atoms with E-state index in [0.29, 0.717) is 18.8 Å². The summed E-state index contributed by atoms with van der Waals surface area (Å²) in [6.45, 7) is 2.53. The molecule has 0 fully saturated rings. The molecule has 0 radical (unpaired) electrons. The van der Waals surface area contributed by atoms with Crippen molar-refractivity contribution in [3.8, 4) is 0 Å². The van der Waals surface area contributed by atoms with Crippen molar-refractivity contribution in [1.82, 2.24) is 25.0 Å². The summed E-state index contributed by atoms with van der Waals surface area (Å²) in [7, 11) is -1.85. The highest BCUT2D eigenvalue weighted by Gasteiger charge is 2.22. The minimum atomic E-state index is -3.67. The van der Waals surface area contributed by atoms with Crippen molar-refractivity contribution in [2.24, 2.45) is 0 Å². The fraction of sp³-hybridized carbons (Fsp3) is 0.385. The van der Waals surface area contributed by atoms with Crippen LogP contribution < -0.4 is 10.0 Å². The molecule has 0 spiro atoms. The molecule has 0 saturated carbocycles. The molecular formula is C13H19N5O2S. The maximum Gasteiger partial charge on any atom is 0.258 e. The summed E-state index contributed by atoms with van der Waals surface area (Å²) in [6.07, 6.45) is 5.40. The molecule has 8 heteroatoms. The Morgan fingerprint density at radius 3 is 2.67 bits per heavy atom. The number of hydrogen-bond acceptors (Lipinski definition) is 5. The monoisotopic (exact) mass is 309 g/mol. The van der Waals surface area contributed by atoms with Crippen LogP contribution in [0.5, 0.6) is 0 Å². The number of aromatic amines is 1. The largest absolute Gasteiger partial charge is 0.347 e. The number of imidazole rings is 1. The van der Waals surface area contributed by atoms with E-state index < -0.39 is 16.1 Å². The van der Waals surface area contributed by atoms with Gasteiger partial charge in [0.25, 0.3) is 10.0 Å². The van der Waals surface area contributed by atoms with Gasteiger partial charge in [0.05, 0.1) is 6.04 Å². The van der Waals surface area contributed by atoms with Gasteiger partial charge in [-0.3, -0.25) is 0 Å². The van der Waals surface area contributed by atoms with Gasteiger partial charge in [0.15, 0.2) is 5.03 Å². The number of H-pyrrole nitrogens is 1. The van der Waals surface area contributed by atoms with Crippen molar-refractivity contribution < 1.29 is 8.42 Å². The summed E-state index contributed by atoms with van der Waals surface area (Å²) in [5.74, 6) is 0.591. The van der Waals surface area contributed by atoms with E-state index in [1.54, 1.807) is 24.7 Å². The average Bonchev–Trinajstić information content (AvgIpc) is 3.00. The number of rotatable bonds is 7. The van der Waals surface area contributed by atoms with E-state index in [1.807, 2.05) is 14.0 Å². The van der Waals surface area contributed by atoms with E-state index in [9.17, 15) is 8.42 Å². The minimum Gasteiger partial charge on any atom is -0.347 e. The molecule has 114 valence electrons. The Hall–Kier alpha value is -1.77.